The predicted octanol–water partition coefficient (Wildman–Crippen LogP) is 3.46. The lowest BCUT2D eigenvalue weighted by Crippen LogP contribution is -2.41. The quantitative estimate of drug-likeness (QED) is 0.270. The molecule has 1 aromatic carbocycles. The van der Waals surface area contributed by atoms with Crippen LogP contribution in [0.5, 0.6) is 5.75 Å². The molecule has 0 spiro atoms. The first-order valence-electron chi connectivity index (χ1n) is 8.83. The lowest BCUT2D eigenvalue weighted by Gasteiger charge is -2.22. The number of guanidine groups is 1. The zero-order chi connectivity index (χ0) is 17.9. The van der Waals surface area contributed by atoms with E-state index < -0.39 is 0 Å². The molecule has 26 heavy (non-hydrogen) atoms. The van der Waals surface area contributed by atoms with Crippen molar-refractivity contribution in [2.45, 2.75) is 19.8 Å². The van der Waals surface area contributed by atoms with E-state index in [1.165, 1.54) is 11.6 Å². The van der Waals surface area contributed by atoms with Crippen molar-refractivity contribution in [3.8, 4) is 5.75 Å². The normalized spacial score (nSPS) is 14.3. The van der Waals surface area contributed by atoms with Gasteiger partial charge in [0.05, 0.1) is 19.8 Å². The Kier molecular flexibility index (Phi) is 11.3. The predicted molar refractivity (Wildman–Crippen MR) is 114 cm³/mol. The van der Waals surface area contributed by atoms with Gasteiger partial charge < -0.3 is 19.7 Å². The van der Waals surface area contributed by atoms with Gasteiger partial charge >= 0.3 is 0 Å². The summed E-state index contributed by atoms with van der Waals surface area (Å²) in [5.41, 5.74) is 1.41. The Balaban J connectivity index is 0.00000338. The summed E-state index contributed by atoms with van der Waals surface area (Å²) in [6.07, 6.45) is 4.11. The van der Waals surface area contributed by atoms with Crippen molar-refractivity contribution in [1.82, 2.24) is 10.2 Å². The van der Waals surface area contributed by atoms with Gasteiger partial charge in [0.25, 0.3) is 0 Å². The fourth-order valence-corrected chi connectivity index (χ4v) is 2.53. The second kappa shape index (κ2) is 12.9. The van der Waals surface area contributed by atoms with Gasteiger partial charge in [0.1, 0.15) is 6.61 Å². The third kappa shape index (κ3) is 7.90. The van der Waals surface area contributed by atoms with Crippen LogP contribution in [0.3, 0.4) is 0 Å². The second-order valence-electron chi connectivity index (χ2n) is 5.87. The van der Waals surface area contributed by atoms with Crippen LogP contribution in [0.25, 0.3) is 0 Å². The molecule has 0 fully saturated rings. The van der Waals surface area contributed by atoms with Crippen LogP contribution in [0.4, 0.5) is 4.39 Å². The molecule has 0 aliphatic carbocycles. The maximum Gasteiger partial charge on any atom is 0.193 e. The van der Waals surface area contributed by atoms with E-state index >= 15 is 0 Å². The van der Waals surface area contributed by atoms with Gasteiger partial charge in [-0.2, -0.15) is 0 Å². The third-order valence-corrected chi connectivity index (χ3v) is 3.97. The number of nitrogens with zero attached hydrogens (tertiary/aromatic N) is 2. The Morgan fingerprint density at radius 2 is 2.19 bits per heavy atom. The van der Waals surface area contributed by atoms with E-state index in [9.17, 15) is 4.39 Å². The molecular formula is C19H29FIN3O2. The highest BCUT2D eigenvalue weighted by atomic mass is 127. The average Bonchev–Trinajstić information content (AvgIpc) is 2.63. The molecule has 1 N–H and O–H groups in total. The van der Waals surface area contributed by atoms with Crippen molar-refractivity contribution in [2.24, 2.45) is 4.99 Å². The van der Waals surface area contributed by atoms with Gasteiger partial charge in [0, 0.05) is 20.1 Å². The Labute approximate surface area is 172 Å². The molecule has 5 nitrogen and oxygen atoms in total. The van der Waals surface area contributed by atoms with Gasteiger partial charge in [-0.15, -0.1) is 24.0 Å². The van der Waals surface area contributed by atoms with Crippen LogP contribution in [0.2, 0.25) is 0 Å². The van der Waals surface area contributed by atoms with E-state index in [2.05, 4.69) is 16.4 Å². The molecule has 1 aromatic rings. The van der Waals surface area contributed by atoms with Crippen LogP contribution in [0.15, 0.2) is 40.9 Å². The maximum atomic E-state index is 13.5. The van der Waals surface area contributed by atoms with E-state index in [0.29, 0.717) is 19.8 Å². The number of likely N-dealkylation sites (N-methyl/N-ethyl adjacent to an activating group) is 1. The summed E-state index contributed by atoms with van der Waals surface area (Å²) >= 11 is 0. The standard InChI is InChI=1S/C19H28FN3O2.HI/c1-3-21-19(22-11-8-16-9-13-24-14-10-16)23(2)12-15-25-18-7-5-4-6-17(18)20;/h4-7,9H,3,8,10-15H2,1-2H3,(H,21,22);1H. The van der Waals surface area contributed by atoms with Crippen molar-refractivity contribution < 1.29 is 13.9 Å². The smallest absolute Gasteiger partial charge is 0.193 e. The third-order valence-electron chi connectivity index (χ3n) is 3.97. The highest BCUT2D eigenvalue weighted by Crippen LogP contribution is 2.15. The number of halogens is 2. The summed E-state index contributed by atoms with van der Waals surface area (Å²) in [7, 11) is 1.96. The second-order valence-corrected chi connectivity index (χ2v) is 5.87. The minimum atomic E-state index is -0.338. The SMILES string of the molecule is CCNC(=NCCC1=CCOCC1)N(C)CCOc1ccccc1F.I. The molecule has 1 aliphatic heterocycles. The molecule has 0 radical (unpaired) electrons. The van der Waals surface area contributed by atoms with Crippen LogP contribution in [-0.4, -0.2) is 57.4 Å². The summed E-state index contributed by atoms with van der Waals surface area (Å²) in [6, 6.07) is 6.45. The van der Waals surface area contributed by atoms with Crippen molar-refractivity contribution in [3.63, 3.8) is 0 Å². The molecule has 0 aromatic heterocycles. The number of rotatable bonds is 8. The van der Waals surface area contributed by atoms with Crippen molar-refractivity contribution in [2.75, 3.05) is 46.5 Å². The monoisotopic (exact) mass is 477 g/mol. The summed E-state index contributed by atoms with van der Waals surface area (Å²) < 4.78 is 24.4. The van der Waals surface area contributed by atoms with Crippen LogP contribution in [0.1, 0.15) is 19.8 Å². The van der Waals surface area contributed by atoms with Crippen LogP contribution >= 0.6 is 24.0 Å². The zero-order valence-electron chi connectivity index (χ0n) is 15.5. The molecule has 146 valence electrons. The lowest BCUT2D eigenvalue weighted by atomic mass is 10.1. The number of hydrogen-bond donors (Lipinski definition) is 1. The zero-order valence-corrected chi connectivity index (χ0v) is 17.9. The highest BCUT2D eigenvalue weighted by Gasteiger charge is 2.08. The van der Waals surface area contributed by atoms with E-state index in [4.69, 9.17) is 9.47 Å². The number of para-hydroxylation sites is 1. The van der Waals surface area contributed by atoms with Gasteiger partial charge in [-0.3, -0.25) is 4.99 Å². The number of benzene rings is 1. The molecule has 2 rings (SSSR count). The Bertz CT molecular complexity index is 596. The Hall–Kier alpha value is -1.35. The molecule has 1 aliphatic rings. The first-order chi connectivity index (χ1) is 12.2. The topological polar surface area (TPSA) is 46.1 Å². The first-order valence-corrected chi connectivity index (χ1v) is 8.83. The number of hydrogen-bond acceptors (Lipinski definition) is 3. The Morgan fingerprint density at radius 3 is 2.88 bits per heavy atom. The van der Waals surface area contributed by atoms with Gasteiger partial charge in [0.2, 0.25) is 0 Å². The average molecular weight is 477 g/mol. The van der Waals surface area contributed by atoms with Crippen LogP contribution < -0.4 is 10.1 Å². The molecule has 7 heteroatoms. The van der Waals surface area contributed by atoms with Gasteiger partial charge in [0.15, 0.2) is 17.5 Å². The molecule has 1 heterocycles. The van der Waals surface area contributed by atoms with E-state index in [1.54, 1.807) is 18.2 Å². The maximum absolute atomic E-state index is 13.5. The fraction of sp³-hybridized carbons (Fsp3) is 0.526. The highest BCUT2D eigenvalue weighted by molar-refractivity contribution is 14.0. The Morgan fingerprint density at radius 1 is 1.38 bits per heavy atom. The van der Waals surface area contributed by atoms with Crippen LogP contribution in [-0.2, 0) is 4.74 Å². The lowest BCUT2D eigenvalue weighted by molar-refractivity contribution is 0.153. The fourth-order valence-electron chi connectivity index (χ4n) is 2.53. The van der Waals surface area contributed by atoms with Gasteiger partial charge in [-0.25, -0.2) is 4.39 Å². The van der Waals surface area contributed by atoms with E-state index in [-0.39, 0.29) is 35.5 Å². The van der Waals surface area contributed by atoms with Crippen molar-refractivity contribution in [1.29, 1.82) is 0 Å². The van der Waals surface area contributed by atoms with E-state index in [0.717, 1.165) is 38.5 Å². The van der Waals surface area contributed by atoms with Gasteiger partial charge in [-0.1, -0.05) is 23.8 Å². The number of nitrogens with one attached hydrogen (secondary N) is 1. The number of aliphatic imine (C=N–C) groups is 1. The molecule has 0 saturated carbocycles. The molecule has 0 saturated heterocycles. The molecule has 0 bridgehead atoms. The summed E-state index contributed by atoms with van der Waals surface area (Å²) in [5.74, 6) is 0.784. The summed E-state index contributed by atoms with van der Waals surface area (Å²) in [6.45, 7) is 6.12. The molecule has 0 atom stereocenters. The van der Waals surface area contributed by atoms with Crippen LogP contribution in [0, 0.1) is 5.82 Å². The summed E-state index contributed by atoms with van der Waals surface area (Å²) in [4.78, 5) is 6.67. The minimum absolute atomic E-state index is 0. The molecule has 0 amide bonds. The van der Waals surface area contributed by atoms with E-state index in [1.807, 2.05) is 18.9 Å². The van der Waals surface area contributed by atoms with Crippen molar-refractivity contribution in [3.05, 3.63) is 41.7 Å². The van der Waals surface area contributed by atoms with Crippen molar-refractivity contribution >= 4 is 29.9 Å². The molecule has 0 unspecified atom stereocenters. The summed E-state index contributed by atoms with van der Waals surface area (Å²) in [5, 5.41) is 3.28. The minimum Gasteiger partial charge on any atom is -0.489 e. The largest absolute Gasteiger partial charge is 0.489 e. The van der Waals surface area contributed by atoms with Gasteiger partial charge in [-0.05, 0) is 31.9 Å². The molecular weight excluding hydrogens is 448 g/mol. The number of ether oxygens (including phenoxy) is 2. The first kappa shape index (κ1) is 22.7.